The summed E-state index contributed by atoms with van der Waals surface area (Å²) in [5.41, 5.74) is 1.57. The number of ether oxygens (including phenoxy) is 2. The summed E-state index contributed by atoms with van der Waals surface area (Å²) in [5.74, 6) is 1.89. The molecule has 2 rings (SSSR count). The molecule has 0 fully saturated rings. The molecule has 1 amide bonds. The van der Waals surface area contributed by atoms with E-state index in [1.54, 1.807) is 0 Å². The van der Waals surface area contributed by atoms with Crippen LogP contribution in [-0.4, -0.2) is 25.2 Å². The van der Waals surface area contributed by atoms with Crippen LogP contribution in [0.1, 0.15) is 34.1 Å². The van der Waals surface area contributed by atoms with E-state index in [4.69, 9.17) is 9.47 Å². The fourth-order valence-corrected chi connectivity index (χ4v) is 2.31. The van der Waals surface area contributed by atoms with Crippen LogP contribution in [0.15, 0.2) is 48.5 Å². The van der Waals surface area contributed by atoms with Gasteiger partial charge in [0.1, 0.15) is 11.5 Å². The monoisotopic (exact) mass is 370 g/mol. The van der Waals surface area contributed by atoms with E-state index in [1.165, 1.54) is 0 Å². The average molecular weight is 370 g/mol. The normalized spacial score (nSPS) is 11.7. The summed E-state index contributed by atoms with van der Waals surface area (Å²) < 4.78 is 11.5. The molecule has 2 N–H and O–H groups in total. The first kappa shape index (κ1) is 20.6. The third kappa shape index (κ3) is 7.60. The summed E-state index contributed by atoms with van der Waals surface area (Å²) in [6.45, 7) is 9.15. The largest absolute Gasteiger partial charge is 0.493 e. The van der Waals surface area contributed by atoms with E-state index in [0.29, 0.717) is 12.5 Å². The van der Waals surface area contributed by atoms with E-state index >= 15 is 0 Å². The molecule has 0 heterocycles. The Morgan fingerprint density at radius 2 is 1.67 bits per heavy atom. The third-order valence-electron chi connectivity index (χ3n) is 3.90. The molecule has 1 atom stereocenters. The number of rotatable bonds is 10. The molecule has 5 nitrogen and oxygen atoms in total. The second kappa shape index (κ2) is 10.5. The van der Waals surface area contributed by atoms with Crippen LogP contribution in [0.5, 0.6) is 11.5 Å². The second-order valence-corrected chi connectivity index (χ2v) is 7.00. The number of benzene rings is 2. The van der Waals surface area contributed by atoms with Crippen molar-refractivity contribution in [2.75, 3.05) is 23.8 Å². The summed E-state index contributed by atoms with van der Waals surface area (Å²) in [4.78, 5) is 12.2. The number of carbonyl (C=O) groups excluding carboxylic acids is 1. The Bertz CT molecular complexity index is 731. The molecule has 1 unspecified atom stereocenters. The molecular weight excluding hydrogens is 340 g/mol. The summed E-state index contributed by atoms with van der Waals surface area (Å²) in [6.07, 6.45) is 1.07. The summed E-state index contributed by atoms with van der Waals surface area (Å²) in [6, 6.07) is 15.1. The van der Waals surface area contributed by atoms with Crippen molar-refractivity contribution in [2.45, 2.75) is 40.2 Å². The van der Waals surface area contributed by atoms with Crippen molar-refractivity contribution in [3.63, 3.8) is 0 Å². The predicted octanol–water partition coefficient (Wildman–Crippen LogP) is 4.95. The van der Waals surface area contributed by atoms with E-state index in [-0.39, 0.29) is 18.6 Å². The van der Waals surface area contributed by atoms with Gasteiger partial charge in [0.2, 0.25) is 5.91 Å². The zero-order valence-corrected chi connectivity index (χ0v) is 16.6. The van der Waals surface area contributed by atoms with Gasteiger partial charge in [0, 0.05) is 23.5 Å². The van der Waals surface area contributed by atoms with Crippen LogP contribution in [0, 0.1) is 5.92 Å². The second-order valence-electron chi connectivity index (χ2n) is 7.00. The van der Waals surface area contributed by atoms with Crippen LogP contribution in [0.4, 0.5) is 11.4 Å². The molecule has 0 aliphatic rings. The van der Waals surface area contributed by atoms with Gasteiger partial charge in [0.15, 0.2) is 0 Å². The minimum atomic E-state index is -0.121. The first-order valence-corrected chi connectivity index (χ1v) is 9.49. The molecule has 27 heavy (non-hydrogen) atoms. The zero-order valence-electron chi connectivity index (χ0n) is 16.6. The highest BCUT2D eigenvalue weighted by Gasteiger charge is 2.06. The van der Waals surface area contributed by atoms with Gasteiger partial charge in [0.25, 0.3) is 0 Å². The smallest absolute Gasteiger partial charge is 0.243 e. The van der Waals surface area contributed by atoms with E-state index in [9.17, 15) is 4.79 Å². The number of carbonyl (C=O) groups is 1. The van der Waals surface area contributed by atoms with E-state index in [1.807, 2.05) is 55.5 Å². The molecule has 0 radical (unpaired) electrons. The maximum Gasteiger partial charge on any atom is 0.243 e. The molecule has 0 aliphatic carbocycles. The van der Waals surface area contributed by atoms with Gasteiger partial charge in [0.05, 0.1) is 19.3 Å². The van der Waals surface area contributed by atoms with Gasteiger partial charge < -0.3 is 20.1 Å². The zero-order chi connectivity index (χ0) is 19.6. The predicted molar refractivity (Wildman–Crippen MR) is 111 cm³/mol. The maximum absolute atomic E-state index is 12.2. The third-order valence-corrected chi connectivity index (χ3v) is 3.90. The van der Waals surface area contributed by atoms with Gasteiger partial charge >= 0.3 is 0 Å². The lowest BCUT2D eigenvalue weighted by Gasteiger charge is -2.14. The highest BCUT2D eigenvalue weighted by atomic mass is 16.5. The SMILES string of the molecule is CCC(C)Oc1cccc(NC(=O)CNc2cccc(OCC(C)C)c2)c1. The van der Waals surface area contributed by atoms with E-state index < -0.39 is 0 Å². The van der Waals surface area contributed by atoms with Crippen molar-refractivity contribution in [1.82, 2.24) is 0 Å². The van der Waals surface area contributed by atoms with E-state index in [0.717, 1.165) is 29.3 Å². The number of hydrogen-bond donors (Lipinski definition) is 2. The van der Waals surface area contributed by atoms with Gasteiger partial charge in [-0.3, -0.25) is 4.79 Å². The Labute approximate surface area is 162 Å². The maximum atomic E-state index is 12.2. The van der Waals surface area contributed by atoms with Gasteiger partial charge in [-0.15, -0.1) is 0 Å². The van der Waals surface area contributed by atoms with Crippen molar-refractivity contribution in [1.29, 1.82) is 0 Å². The Hall–Kier alpha value is -2.69. The van der Waals surface area contributed by atoms with Crippen LogP contribution in [-0.2, 0) is 4.79 Å². The molecule has 0 spiro atoms. The summed E-state index contributed by atoms with van der Waals surface area (Å²) >= 11 is 0. The Morgan fingerprint density at radius 3 is 2.37 bits per heavy atom. The molecule has 0 bridgehead atoms. The lowest BCUT2D eigenvalue weighted by Crippen LogP contribution is -2.21. The summed E-state index contributed by atoms with van der Waals surface area (Å²) in [5, 5.41) is 6.01. The lowest BCUT2D eigenvalue weighted by atomic mass is 10.2. The van der Waals surface area contributed by atoms with Crippen LogP contribution >= 0.6 is 0 Å². The minimum absolute atomic E-state index is 0.121. The minimum Gasteiger partial charge on any atom is -0.493 e. The number of anilines is 2. The first-order valence-electron chi connectivity index (χ1n) is 9.49. The van der Waals surface area contributed by atoms with Crippen molar-refractivity contribution in [3.05, 3.63) is 48.5 Å². The fourth-order valence-electron chi connectivity index (χ4n) is 2.31. The Morgan fingerprint density at radius 1 is 1.00 bits per heavy atom. The number of amides is 1. The van der Waals surface area contributed by atoms with Gasteiger partial charge in [-0.05, 0) is 43.5 Å². The average Bonchev–Trinajstić information content (AvgIpc) is 2.65. The van der Waals surface area contributed by atoms with Crippen molar-refractivity contribution < 1.29 is 14.3 Å². The Kier molecular flexibility index (Phi) is 7.99. The van der Waals surface area contributed by atoms with Crippen LogP contribution in [0.2, 0.25) is 0 Å². The molecule has 0 saturated carbocycles. The fraction of sp³-hybridized carbons (Fsp3) is 0.409. The Balaban J connectivity index is 1.86. The highest BCUT2D eigenvalue weighted by Crippen LogP contribution is 2.20. The number of hydrogen-bond acceptors (Lipinski definition) is 4. The highest BCUT2D eigenvalue weighted by molar-refractivity contribution is 5.93. The van der Waals surface area contributed by atoms with Gasteiger partial charge in [-0.1, -0.05) is 32.9 Å². The van der Waals surface area contributed by atoms with Crippen LogP contribution in [0.3, 0.4) is 0 Å². The topological polar surface area (TPSA) is 59.6 Å². The molecule has 146 valence electrons. The lowest BCUT2D eigenvalue weighted by molar-refractivity contribution is -0.114. The van der Waals surface area contributed by atoms with Crippen molar-refractivity contribution in [3.8, 4) is 11.5 Å². The van der Waals surface area contributed by atoms with Gasteiger partial charge in [-0.2, -0.15) is 0 Å². The molecule has 0 saturated heterocycles. The van der Waals surface area contributed by atoms with Gasteiger partial charge in [-0.25, -0.2) is 0 Å². The van der Waals surface area contributed by atoms with Crippen molar-refractivity contribution in [2.24, 2.45) is 5.92 Å². The summed E-state index contributed by atoms with van der Waals surface area (Å²) in [7, 11) is 0. The quantitative estimate of drug-likeness (QED) is 0.621. The van der Waals surface area contributed by atoms with E-state index in [2.05, 4.69) is 31.4 Å². The number of nitrogens with one attached hydrogen (secondary N) is 2. The molecule has 2 aromatic carbocycles. The molecule has 2 aromatic rings. The first-order chi connectivity index (χ1) is 13.0. The molecule has 5 heteroatoms. The van der Waals surface area contributed by atoms with Crippen LogP contribution < -0.4 is 20.1 Å². The van der Waals surface area contributed by atoms with Crippen molar-refractivity contribution >= 4 is 17.3 Å². The standard InChI is InChI=1S/C22H30N2O3/c1-5-17(4)27-21-11-7-9-19(13-21)24-22(25)14-23-18-8-6-10-20(12-18)26-15-16(2)3/h6-13,16-17,23H,5,14-15H2,1-4H3,(H,24,25). The molecule has 0 aliphatic heterocycles. The molecular formula is C22H30N2O3. The van der Waals surface area contributed by atoms with Crippen LogP contribution in [0.25, 0.3) is 0 Å². The molecule has 0 aromatic heterocycles.